The maximum absolute atomic E-state index is 12.4. The highest BCUT2D eigenvalue weighted by molar-refractivity contribution is 5.85. The van der Waals surface area contributed by atoms with Gasteiger partial charge in [0.25, 0.3) is 0 Å². The predicted octanol–water partition coefficient (Wildman–Crippen LogP) is 2.49. The van der Waals surface area contributed by atoms with Gasteiger partial charge in [0, 0.05) is 6.54 Å². The Balaban J connectivity index is 1.57. The SMILES string of the molecule is Cc1noc(C)c1COc1ccc(CC(=O)N2CCCC2C(=O)O)cc1. The molecule has 0 spiro atoms. The van der Waals surface area contributed by atoms with Gasteiger partial charge in [0.2, 0.25) is 5.91 Å². The van der Waals surface area contributed by atoms with Crippen molar-refractivity contribution in [1.29, 1.82) is 0 Å². The summed E-state index contributed by atoms with van der Waals surface area (Å²) in [7, 11) is 0. The van der Waals surface area contributed by atoms with E-state index in [9.17, 15) is 14.7 Å². The smallest absolute Gasteiger partial charge is 0.326 e. The molecule has 0 aliphatic carbocycles. The molecule has 1 aliphatic rings. The molecule has 3 rings (SSSR count). The van der Waals surface area contributed by atoms with Crippen molar-refractivity contribution in [3.8, 4) is 5.75 Å². The van der Waals surface area contributed by atoms with E-state index >= 15 is 0 Å². The van der Waals surface area contributed by atoms with Crippen LogP contribution in [-0.4, -0.2) is 39.6 Å². The van der Waals surface area contributed by atoms with Crippen LogP contribution in [0.15, 0.2) is 28.8 Å². The molecule has 1 saturated heterocycles. The van der Waals surface area contributed by atoms with Crippen LogP contribution >= 0.6 is 0 Å². The quantitative estimate of drug-likeness (QED) is 0.853. The lowest BCUT2D eigenvalue weighted by molar-refractivity contribution is -0.148. The number of benzene rings is 1. The molecule has 1 unspecified atom stereocenters. The number of hydrogen-bond donors (Lipinski definition) is 1. The molecule has 1 fully saturated rings. The first-order valence-corrected chi connectivity index (χ1v) is 8.61. The number of carbonyl (C=O) groups is 2. The van der Waals surface area contributed by atoms with Crippen molar-refractivity contribution in [3.05, 3.63) is 46.8 Å². The van der Waals surface area contributed by atoms with E-state index in [0.29, 0.717) is 25.3 Å². The average Bonchev–Trinajstić information content (AvgIpc) is 3.22. The number of carbonyl (C=O) groups excluding carboxylic acids is 1. The number of amides is 1. The van der Waals surface area contributed by atoms with Gasteiger partial charge < -0.3 is 19.3 Å². The molecule has 1 aromatic carbocycles. The van der Waals surface area contributed by atoms with Gasteiger partial charge in [0.15, 0.2) is 0 Å². The van der Waals surface area contributed by atoms with Crippen LogP contribution in [0.25, 0.3) is 0 Å². The summed E-state index contributed by atoms with van der Waals surface area (Å²) in [6.07, 6.45) is 1.45. The van der Waals surface area contributed by atoms with Crippen LogP contribution in [0.3, 0.4) is 0 Å². The van der Waals surface area contributed by atoms with Gasteiger partial charge in [0.05, 0.1) is 17.7 Å². The zero-order valence-corrected chi connectivity index (χ0v) is 14.9. The second-order valence-corrected chi connectivity index (χ2v) is 6.50. The summed E-state index contributed by atoms with van der Waals surface area (Å²) in [6.45, 7) is 4.59. The first-order chi connectivity index (χ1) is 12.5. The van der Waals surface area contributed by atoms with Crippen LogP contribution in [-0.2, 0) is 22.6 Å². The molecule has 0 bridgehead atoms. The molecule has 7 nitrogen and oxygen atoms in total. The molecule has 1 aliphatic heterocycles. The number of likely N-dealkylation sites (tertiary alicyclic amines) is 1. The normalized spacial score (nSPS) is 16.7. The predicted molar refractivity (Wildman–Crippen MR) is 92.8 cm³/mol. The number of nitrogens with zero attached hydrogens (tertiary/aromatic N) is 2. The molecule has 1 amide bonds. The Morgan fingerprint density at radius 2 is 2.04 bits per heavy atom. The van der Waals surface area contributed by atoms with Crippen molar-refractivity contribution in [1.82, 2.24) is 10.1 Å². The number of aryl methyl sites for hydroxylation is 2. The second-order valence-electron chi connectivity index (χ2n) is 6.50. The highest BCUT2D eigenvalue weighted by Crippen LogP contribution is 2.21. The Morgan fingerprint density at radius 1 is 1.31 bits per heavy atom. The van der Waals surface area contributed by atoms with E-state index in [0.717, 1.165) is 29.0 Å². The Morgan fingerprint density at radius 3 is 2.65 bits per heavy atom. The van der Waals surface area contributed by atoms with Crippen molar-refractivity contribution in [2.24, 2.45) is 0 Å². The first-order valence-electron chi connectivity index (χ1n) is 8.61. The summed E-state index contributed by atoms with van der Waals surface area (Å²) in [5.41, 5.74) is 2.57. The Labute approximate surface area is 151 Å². The standard InChI is InChI=1S/C19H22N2O5/c1-12-16(13(2)26-20-12)11-25-15-7-5-14(6-8-15)10-18(22)21-9-3-4-17(21)19(23)24/h5-8,17H,3-4,9-11H2,1-2H3,(H,23,24). The minimum Gasteiger partial charge on any atom is -0.489 e. The number of carboxylic acid groups (broad SMARTS) is 1. The van der Waals surface area contributed by atoms with E-state index in [2.05, 4.69) is 5.16 Å². The Bertz CT molecular complexity index is 777. The van der Waals surface area contributed by atoms with Crippen LogP contribution in [0.2, 0.25) is 0 Å². The summed E-state index contributed by atoms with van der Waals surface area (Å²) in [4.78, 5) is 25.1. The Kier molecular flexibility index (Phi) is 5.25. The topological polar surface area (TPSA) is 92.9 Å². The van der Waals surface area contributed by atoms with Gasteiger partial charge in [-0.05, 0) is 44.4 Å². The third kappa shape index (κ3) is 3.87. The molecule has 1 N–H and O–H groups in total. The highest BCUT2D eigenvalue weighted by atomic mass is 16.5. The average molecular weight is 358 g/mol. The van der Waals surface area contributed by atoms with E-state index in [1.165, 1.54) is 4.90 Å². The van der Waals surface area contributed by atoms with Crippen molar-refractivity contribution in [2.45, 2.75) is 45.8 Å². The molecular weight excluding hydrogens is 336 g/mol. The number of rotatable bonds is 6. The molecule has 138 valence electrons. The molecule has 0 radical (unpaired) electrons. The maximum atomic E-state index is 12.4. The lowest BCUT2D eigenvalue weighted by Gasteiger charge is -2.21. The fourth-order valence-corrected chi connectivity index (χ4v) is 3.17. The molecule has 26 heavy (non-hydrogen) atoms. The molecule has 7 heteroatoms. The van der Waals surface area contributed by atoms with E-state index in [1.54, 1.807) is 12.1 Å². The third-order valence-electron chi connectivity index (χ3n) is 4.70. The van der Waals surface area contributed by atoms with Crippen LogP contribution in [0.4, 0.5) is 0 Å². The number of aliphatic carboxylic acids is 1. The summed E-state index contributed by atoms with van der Waals surface area (Å²) in [5.74, 6) is 0.340. The lowest BCUT2D eigenvalue weighted by Crippen LogP contribution is -2.41. The fourth-order valence-electron chi connectivity index (χ4n) is 3.17. The van der Waals surface area contributed by atoms with Gasteiger partial charge in [-0.15, -0.1) is 0 Å². The second kappa shape index (κ2) is 7.59. The molecule has 1 atom stereocenters. The van der Waals surface area contributed by atoms with Gasteiger partial charge in [-0.3, -0.25) is 4.79 Å². The number of hydrogen-bond acceptors (Lipinski definition) is 5. The zero-order valence-electron chi connectivity index (χ0n) is 14.9. The van der Waals surface area contributed by atoms with E-state index in [1.807, 2.05) is 26.0 Å². The van der Waals surface area contributed by atoms with E-state index in [4.69, 9.17) is 9.26 Å². The summed E-state index contributed by atoms with van der Waals surface area (Å²) < 4.78 is 10.9. The van der Waals surface area contributed by atoms with Gasteiger partial charge in [-0.25, -0.2) is 4.79 Å². The van der Waals surface area contributed by atoms with Crippen LogP contribution in [0.5, 0.6) is 5.75 Å². The largest absolute Gasteiger partial charge is 0.489 e. The van der Waals surface area contributed by atoms with E-state index < -0.39 is 12.0 Å². The minimum absolute atomic E-state index is 0.153. The first kappa shape index (κ1) is 18.0. The van der Waals surface area contributed by atoms with Gasteiger partial charge in [0.1, 0.15) is 24.2 Å². The maximum Gasteiger partial charge on any atom is 0.326 e. The summed E-state index contributed by atoms with van der Waals surface area (Å²) in [5, 5.41) is 13.1. The fraction of sp³-hybridized carbons (Fsp3) is 0.421. The molecule has 1 aromatic heterocycles. The lowest BCUT2D eigenvalue weighted by atomic mass is 10.1. The monoisotopic (exact) mass is 358 g/mol. The number of aromatic nitrogens is 1. The number of ether oxygens (including phenoxy) is 1. The third-order valence-corrected chi connectivity index (χ3v) is 4.70. The summed E-state index contributed by atoms with van der Waals surface area (Å²) >= 11 is 0. The molecule has 2 aromatic rings. The van der Waals surface area contributed by atoms with Crippen molar-refractivity contribution in [3.63, 3.8) is 0 Å². The molecular formula is C19H22N2O5. The minimum atomic E-state index is -0.932. The zero-order chi connectivity index (χ0) is 18.7. The summed E-state index contributed by atoms with van der Waals surface area (Å²) in [6, 6.07) is 6.57. The molecule has 0 saturated carbocycles. The number of carboxylic acids is 1. The van der Waals surface area contributed by atoms with Crippen LogP contribution in [0, 0.1) is 13.8 Å². The van der Waals surface area contributed by atoms with Gasteiger partial charge in [-0.1, -0.05) is 17.3 Å². The molecule has 2 heterocycles. The van der Waals surface area contributed by atoms with Crippen LogP contribution < -0.4 is 4.74 Å². The van der Waals surface area contributed by atoms with Gasteiger partial charge in [-0.2, -0.15) is 0 Å². The van der Waals surface area contributed by atoms with Crippen LogP contribution in [0.1, 0.15) is 35.4 Å². The Hall–Kier alpha value is -2.83. The highest BCUT2D eigenvalue weighted by Gasteiger charge is 2.33. The van der Waals surface area contributed by atoms with Crippen molar-refractivity contribution < 1.29 is 24.0 Å². The van der Waals surface area contributed by atoms with Crippen molar-refractivity contribution in [2.75, 3.05) is 6.54 Å². The van der Waals surface area contributed by atoms with Crippen molar-refractivity contribution >= 4 is 11.9 Å². The van der Waals surface area contributed by atoms with Gasteiger partial charge >= 0.3 is 5.97 Å². The van der Waals surface area contributed by atoms with E-state index in [-0.39, 0.29) is 12.3 Å².